The van der Waals surface area contributed by atoms with E-state index in [9.17, 15) is 0 Å². The van der Waals surface area contributed by atoms with Crippen molar-refractivity contribution in [1.29, 1.82) is 0 Å². The molecule has 2 N–H and O–H groups in total. The number of hydrogen-bond donors (Lipinski definition) is 2. The zero-order valence-corrected chi connectivity index (χ0v) is 12.4. The summed E-state index contributed by atoms with van der Waals surface area (Å²) in [7, 11) is 0. The van der Waals surface area contributed by atoms with Crippen molar-refractivity contribution in [2.24, 2.45) is 0 Å². The van der Waals surface area contributed by atoms with Crippen molar-refractivity contribution in [3.05, 3.63) is 55.2 Å². The molecule has 7 heteroatoms. The van der Waals surface area contributed by atoms with Gasteiger partial charge >= 0.3 is 0 Å². The minimum absolute atomic E-state index is 0.765. The highest BCUT2D eigenvalue weighted by molar-refractivity contribution is 5.93. The molecule has 0 radical (unpaired) electrons. The van der Waals surface area contributed by atoms with Crippen LogP contribution >= 0.6 is 0 Å². The van der Waals surface area contributed by atoms with Crippen molar-refractivity contribution < 1.29 is 0 Å². The molecule has 0 fully saturated rings. The summed E-state index contributed by atoms with van der Waals surface area (Å²) < 4.78 is 0. The van der Waals surface area contributed by atoms with E-state index in [0.29, 0.717) is 0 Å². The average molecular weight is 313 g/mol. The van der Waals surface area contributed by atoms with Crippen LogP contribution in [0.1, 0.15) is 0 Å². The summed E-state index contributed by atoms with van der Waals surface area (Å²) in [6.07, 6.45) is 6.75. The van der Waals surface area contributed by atoms with Crippen LogP contribution in [0.3, 0.4) is 0 Å². The zero-order valence-electron chi connectivity index (χ0n) is 12.4. The van der Waals surface area contributed by atoms with Gasteiger partial charge in [-0.1, -0.05) is 0 Å². The molecule has 0 aliphatic heterocycles. The zero-order chi connectivity index (χ0) is 15.9. The van der Waals surface area contributed by atoms with Gasteiger partial charge in [-0.2, -0.15) is 5.10 Å². The third-order valence-electron chi connectivity index (χ3n) is 3.91. The van der Waals surface area contributed by atoms with Gasteiger partial charge < -0.3 is 4.98 Å². The molecule has 0 saturated heterocycles. The maximum Gasteiger partial charge on any atom is 0.137 e. The fourth-order valence-corrected chi connectivity index (χ4v) is 2.76. The van der Waals surface area contributed by atoms with Gasteiger partial charge in [0.15, 0.2) is 0 Å². The second kappa shape index (κ2) is 4.95. The lowest BCUT2D eigenvalue weighted by atomic mass is 10.2. The van der Waals surface area contributed by atoms with Crippen LogP contribution in [0, 0.1) is 0 Å². The number of pyridine rings is 2. The van der Waals surface area contributed by atoms with Crippen molar-refractivity contribution in [2.45, 2.75) is 0 Å². The summed E-state index contributed by atoms with van der Waals surface area (Å²) >= 11 is 0. The lowest BCUT2D eigenvalue weighted by Gasteiger charge is -2.00. The molecule has 0 saturated carbocycles. The van der Waals surface area contributed by atoms with Gasteiger partial charge in [0, 0.05) is 29.5 Å². The summed E-state index contributed by atoms with van der Waals surface area (Å²) in [5.74, 6) is 0. The minimum Gasteiger partial charge on any atom is -0.338 e. The van der Waals surface area contributed by atoms with Crippen LogP contribution in [-0.2, 0) is 0 Å². The lowest BCUT2D eigenvalue weighted by Crippen LogP contribution is -1.87. The summed E-state index contributed by atoms with van der Waals surface area (Å²) in [6, 6.07) is 9.83. The standard InChI is InChI=1S/C17H11N7/c1-2-10-6-14(22-17(10)20-5-1)16-15-13(23-24-16)4-3-12(21-15)11-7-18-9-19-8-11/h1-9H,(H,20,22)(H,23,24). The maximum absolute atomic E-state index is 4.74. The van der Waals surface area contributed by atoms with Crippen molar-refractivity contribution in [2.75, 3.05) is 0 Å². The molecule has 114 valence electrons. The van der Waals surface area contributed by atoms with Gasteiger partial charge in [-0.05, 0) is 30.3 Å². The Kier molecular flexibility index (Phi) is 2.66. The third-order valence-corrected chi connectivity index (χ3v) is 3.91. The SMILES string of the molecule is c1cnc2[nH]c(-c3n[nH]c4ccc(-c5cncnc5)nc34)cc2c1. The van der Waals surface area contributed by atoms with Gasteiger partial charge in [-0.3, -0.25) is 5.10 Å². The van der Waals surface area contributed by atoms with Gasteiger partial charge in [0.25, 0.3) is 0 Å². The Labute approximate surface area is 135 Å². The fourth-order valence-electron chi connectivity index (χ4n) is 2.76. The Balaban J connectivity index is 1.71. The molecule has 0 aromatic carbocycles. The van der Waals surface area contributed by atoms with Crippen LogP contribution in [0.5, 0.6) is 0 Å². The molecule has 7 nitrogen and oxygen atoms in total. The van der Waals surface area contributed by atoms with E-state index in [4.69, 9.17) is 4.98 Å². The molecule has 0 unspecified atom stereocenters. The average Bonchev–Trinajstić information content (AvgIpc) is 3.25. The Morgan fingerprint density at radius 2 is 1.92 bits per heavy atom. The molecule has 0 aliphatic carbocycles. The summed E-state index contributed by atoms with van der Waals surface area (Å²) in [4.78, 5) is 20.5. The molecule has 0 atom stereocenters. The van der Waals surface area contributed by atoms with Crippen LogP contribution in [0.4, 0.5) is 0 Å². The van der Waals surface area contributed by atoms with E-state index in [0.717, 1.165) is 44.7 Å². The Morgan fingerprint density at radius 1 is 1.00 bits per heavy atom. The first-order valence-electron chi connectivity index (χ1n) is 7.43. The van der Waals surface area contributed by atoms with Gasteiger partial charge in [-0.25, -0.2) is 19.9 Å². The second-order valence-corrected chi connectivity index (χ2v) is 5.42. The molecule has 5 aromatic heterocycles. The number of nitrogens with zero attached hydrogens (tertiary/aromatic N) is 5. The molecule has 0 spiro atoms. The molecule has 5 heterocycles. The van der Waals surface area contributed by atoms with E-state index in [1.54, 1.807) is 18.6 Å². The largest absolute Gasteiger partial charge is 0.338 e. The van der Waals surface area contributed by atoms with Gasteiger partial charge in [0.2, 0.25) is 0 Å². The van der Waals surface area contributed by atoms with Crippen molar-refractivity contribution in [3.8, 4) is 22.6 Å². The predicted molar refractivity (Wildman–Crippen MR) is 90.0 cm³/mol. The number of aromatic amines is 2. The Bertz CT molecular complexity index is 1120. The van der Waals surface area contributed by atoms with E-state index in [2.05, 4.69) is 30.1 Å². The molecule has 0 aliphatic rings. The summed E-state index contributed by atoms with van der Waals surface area (Å²) in [6.45, 7) is 0. The molecular weight excluding hydrogens is 302 g/mol. The number of hydrogen-bond acceptors (Lipinski definition) is 5. The van der Waals surface area contributed by atoms with Crippen LogP contribution in [0.15, 0.2) is 55.2 Å². The molecule has 0 amide bonds. The van der Waals surface area contributed by atoms with E-state index in [1.807, 2.05) is 30.3 Å². The summed E-state index contributed by atoms with van der Waals surface area (Å²) in [5.41, 5.74) is 5.81. The summed E-state index contributed by atoms with van der Waals surface area (Å²) in [5, 5.41) is 8.48. The van der Waals surface area contributed by atoms with Crippen LogP contribution in [-0.4, -0.2) is 35.1 Å². The highest BCUT2D eigenvalue weighted by Crippen LogP contribution is 2.28. The fraction of sp³-hybridized carbons (Fsp3) is 0. The van der Waals surface area contributed by atoms with Crippen LogP contribution in [0.2, 0.25) is 0 Å². The molecule has 5 aromatic rings. The van der Waals surface area contributed by atoms with Crippen molar-refractivity contribution in [3.63, 3.8) is 0 Å². The predicted octanol–water partition coefficient (Wildman–Crippen LogP) is 2.96. The normalized spacial score (nSPS) is 11.3. The smallest absolute Gasteiger partial charge is 0.137 e. The first-order valence-corrected chi connectivity index (χ1v) is 7.43. The van der Waals surface area contributed by atoms with Crippen molar-refractivity contribution >= 4 is 22.1 Å². The topological polar surface area (TPSA) is 96.0 Å². The second-order valence-electron chi connectivity index (χ2n) is 5.42. The lowest BCUT2D eigenvalue weighted by molar-refractivity contribution is 1.12. The van der Waals surface area contributed by atoms with E-state index in [-0.39, 0.29) is 0 Å². The quantitative estimate of drug-likeness (QED) is 0.522. The first-order chi connectivity index (χ1) is 11.9. The molecule has 24 heavy (non-hydrogen) atoms. The maximum atomic E-state index is 4.74. The van der Waals surface area contributed by atoms with Gasteiger partial charge in [0.1, 0.15) is 23.2 Å². The van der Waals surface area contributed by atoms with E-state index < -0.39 is 0 Å². The van der Waals surface area contributed by atoms with Crippen LogP contribution in [0.25, 0.3) is 44.7 Å². The molecule has 0 bridgehead atoms. The van der Waals surface area contributed by atoms with E-state index in [1.165, 1.54) is 6.33 Å². The van der Waals surface area contributed by atoms with Gasteiger partial charge in [0.05, 0.1) is 16.9 Å². The first kappa shape index (κ1) is 12.9. The molecular formula is C17H11N7. The molecule has 5 rings (SSSR count). The number of fused-ring (bicyclic) bond motifs is 2. The number of aromatic nitrogens is 7. The van der Waals surface area contributed by atoms with E-state index >= 15 is 0 Å². The highest BCUT2D eigenvalue weighted by Gasteiger charge is 2.13. The Hall–Kier alpha value is -3.61. The number of rotatable bonds is 2. The number of H-pyrrole nitrogens is 2. The van der Waals surface area contributed by atoms with Gasteiger partial charge in [-0.15, -0.1) is 0 Å². The van der Waals surface area contributed by atoms with Crippen molar-refractivity contribution in [1.82, 2.24) is 35.1 Å². The Morgan fingerprint density at radius 3 is 2.79 bits per heavy atom. The number of nitrogens with one attached hydrogen (secondary N) is 2. The monoisotopic (exact) mass is 313 g/mol. The van der Waals surface area contributed by atoms with Crippen LogP contribution < -0.4 is 0 Å². The minimum atomic E-state index is 0.765. The highest BCUT2D eigenvalue weighted by atomic mass is 15.1. The third kappa shape index (κ3) is 1.95.